The van der Waals surface area contributed by atoms with Crippen molar-refractivity contribution in [1.82, 2.24) is 9.78 Å². The molecule has 0 saturated heterocycles. The van der Waals surface area contributed by atoms with Gasteiger partial charge in [0, 0.05) is 18.8 Å². The van der Waals surface area contributed by atoms with Crippen molar-refractivity contribution < 1.29 is 4.92 Å². The number of aromatic nitrogens is 2. The lowest BCUT2D eigenvalue weighted by Gasteiger charge is -2.07. The number of hydrogen-bond donors (Lipinski definition) is 1. The summed E-state index contributed by atoms with van der Waals surface area (Å²) in [6.07, 6.45) is 1.86. The molecule has 2 rings (SSSR count). The Morgan fingerprint density at radius 1 is 1.47 bits per heavy atom. The van der Waals surface area contributed by atoms with E-state index in [4.69, 9.17) is 11.6 Å². The van der Waals surface area contributed by atoms with E-state index in [9.17, 15) is 10.1 Å². The average Bonchev–Trinajstić information content (AvgIpc) is 2.85. The predicted molar refractivity (Wildman–Crippen MR) is 73.3 cm³/mol. The molecule has 0 unspecified atom stereocenters. The maximum Gasteiger partial charge on any atom is 0.293 e. The molecule has 0 bridgehead atoms. The van der Waals surface area contributed by atoms with Crippen LogP contribution in [0.2, 0.25) is 5.02 Å². The molecule has 6 nitrogen and oxygen atoms in total. The molecule has 100 valence electrons. The van der Waals surface area contributed by atoms with Crippen molar-refractivity contribution >= 4 is 23.0 Å². The van der Waals surface area contributed by atoms with Crippen LogP contribution in [0.4, 0.5) is 11.4 Å². The molecule has 0 spiro atoms. The summed E-state index contributed by atoms with van der Waals surface area (Å²) in [5.41, 5.74) is 1.08. The monoisotopic (exact) mass is 280 g/mol. The van der Waals surface area contributed by atoms with Crippen molar-refractivity contribution in [2.75, 3.05) is 5.32 Å². The Labute approximate surface area is 115 Å². The topological polar surface area (TPSA) is 73.0 Å². The second-order valence-electron chi connectivity index (χ2n) is 3.91. The normalized spacial score (nSPS) is 10.4. The molecular weight excluding hydrogens is 268 g/mol. The van der Waals surface area contributed by atoms with Crippen molar-refractivity contribution in [3.8, 4) is 0 Å². The van der Waals surface area contributed by atoms with Crippen LogP contribution in [0.15, 0.2) is 30.5 Å². The van der Waals surface area contributed by atoms with Gasteiger partial charge in [0.1, 0.15) is 5.69 Å². The minimum atomic E-state index is -0.459. The van der Waals surface area contributed by atoms with Crippen LogP contribution in [0, 0.1) is 10.1 Å². The minimum absolute atomic E-state index is 0.0394. The molecule has 0 atom stereocenters. The van der Waals surface area contributed by atoms with E-state index in [1.807, 2.05) is 19.2 Å². The number of nitrogens with zero attached hydrogens (tertiary/aromatic N) is 3. The van der Waals surface area contributed by atoms with Gasteiger partial charge in [0.2, 0.25) is 0 Å². The molecule has 1 heterocycles. The van der Waals surface area contributed by atoms with Gasteiger partial charge in [-0.1, -0.05) is 17.7 Å². The second kappa shape index (κ2) is 5.71. The molecule has 1 aromatic carbocycles. The second-order valence-corrected chi connectivity index (χ2v) is 4.31. The number of hydrogen-bond acceptors (Lipinski definition) is 4. The first-order chi connectivity index (χ1) is 9.11. The van der Waals surface area contributed by atoms with Crippen molar-refractivity contribution in [2.45, 2.75) is 20.0 Å². The van der Waals surface area contributed by atoms with Crippen molar-refractivity contribution in [3.05, 3.63) is 51.3 Å². The fraction of sp³-hybridized carbons (Fsp3) is 0.250. The summed E-state index contributed by atoms with van der Waals surface area (Å²) in [4.78, 5) is 10.5. The molecule has 0 radical (unpaired) electrons. The lowest BCUT2D eigenvalue weighted by atomic mass is 10.2. The Balaban J connectivity index is 2.17. The van der Waals surface area contributed by atoms with E-state index in [1.54, 1.807) is 16.8 Å². The molecular formula is C12H13ClN4O2. The molecule has 0 aliphatic rings. The van der Waals surface area contributed by atoms with E-state index in [0.717, 1.165) is 12.2 Å². The third kappa shape index (κ3) is 3.03. The summed E-state index contributed by atoms with van der Waals surface area (Å²) in [6.45, 7) is 3.16. The van der Waals surface area contributed by atoms with E-state index in [0.29, 0.717) is 17.3 Å². The van der Waals surface area contributed by atoms with Gasteiger partial charge in [-0.05, 0) is 19.1 Å². The van der Waals surface area contributed by atoms with Crippen LogP contribution in [0.1, 0.15) is 12.6 Å². The molecule has 2 aromatic rings. The van der Waals surface area contributed by atoms with Gasteiger partial charge < -0.3 is 5.32 Å². The van der Waals surface area contributed by atoms with Crippen LogP contribution in [0.25, 0.3) is 0 Å². The number of anilines is 1. The van der Waals surface area contributed by atoms with Gasteiger partial charge in [0.25, 0.3) is 5.69 Å². The summed E-state index contributed by atoms with van der Waals surface area (Å²) in [5.74, 6) is 0. The molecule has 0 saturated carbocycles. The fourth-order valence-corrected chi connectivity index (χ4v) is 1.93. The largest absolute Gasteiger partial charge is 0.373 e. The maximum absolute atomic E-state index is 10.9. The zero-order valence-corrected chi connectivity index (χ0v) is 11.1. The first-order valence-electron chi connectivity index (χ1n) is 5.81. The summed E-state index contributed by atoms with van der Waals surface area (Å²) in [5, 5.41) is 18.5. The molecule has 1 aromatic heterocycles. The van der Waals surface area contributed by atoms with Gasteiger partial charge in [-0.3, -0.25) is 14.8 Å². The molecule has 0 fully saturated rings. The number of nitrogens with one attached hydrogen (secondary N) is 1. The first-order valence-corrected chi connectivity index (χ1v) is 6.18. The molecule has 19 heavy (non-hydrogen) atoms. The van der Waals surface area contributed by atoms with Crippen LogP contribution >= 0.6 is 11.6 Å². The van der Waals surface area contributed by atoms with Crippen LogP contribution in [0.5, 0.6) is 0 Å². The Morgan fingerprint density at radius 2 is 2.26 bits per heavy atom. The number of rotatable bonds is 5. The summed E-state index contributed by atoms with van der Waals surface area (Å²) in [6, 6.07) is 6.44. The maximum atomic E-state index is 10.9. The van der Waals surface area contributed by atoms with Gasteiger partial charge in [-0.15, -0.1) is 0 Å². The van der Waals surface area contributed by atoms with Crippen LogP contribution in [-0.2, 0) is 13.1 Å². The average molecular weight is 281 g/mol. The standard InChI is InChI=1S/C12H13ClN4O2/c1-2-16-7-6-9(15-16)8-14-12-10(13)4-3-5-11(12)17(18)19/h3-7,14H,2,8H2,1H3. The summed E-state index contributed by atoms with van der Waals surface area (Å²) in [7, 11) is 0. The highest BCUT2D eigenvalue weighted by molar-refractivity contribution is 6.33. The van der Waals surface area contributed by atoms with Gasteiger partial charge in [0.05, 0.1) is 22.2 Å². The Bertz CT molecular complexity index is 597. The summed E-state index contributed by atoms with van der Waals surface area (Å²) >= 11 is 5.98. The van der Waals surface area contributed by atoms with E-state index in [1.165, 1.54) is 6.07 Å². The van der Waals surface area contributed by atoms with Crippen molar-refractivity contribution in [1.29, 1.82) is 0 Å². The van der Waals surface area contributed by atoms with Gasteiger partial charge in [-0.2, -0.15) is 5.10 Å². The highest BCUT2D eigenvalue weighted by Gasteiger charge is 2.16. The quantitative estimate of drug-likeness (QED) is 0.675. The number of para-hydroxylation sites is 1. The highest BCUT2D eigenvalue weighted by Crippen LogP contribution is 2.32. The zero-order valence-electron chi connectivity index (χ0n) is 10.3. The number of aryl methyl sites for hydroxylation is 1. The van der Waals surface area contributed by atoms with Crippen molar-refractivity contribution in [2.24, 2.45) is 0 Å². The molecule has 0 aliphatic heterocycles. The van der Waals surface area contributed by atoms with Crippen molar-refractivity contribution in [3.63, 3.8) is 0 Å². The highest BCUT2D eigenvalue weighted by atomic mass is 35.5. The molecule has 0 amide bonds. The molecule has 1 N–H and O–H groups in total. The van der Waals surface area contributed by atoms with Gasteiger partial charge in [0.15, 0.2) is 0 Å². The van der Waals surface area contributed by atoms with Crippen LogP contribution < -0.4 is 5.32 Å². The number of benzene rings is 1. The zero-order chi connectivity index (χ0) is 13.8. The smallest absolute Gasteiger partial charge is 0.293 e. The van der Waals surface area contributed by atoms with E-state index in [2.05, 4.69) is 10.4 Å². The Morgan fingerprint density at radius 3 is 2.89 bits per heavy atom. The predicted octanol–water partition coefficient (Wildman–Crippen LogP) is 3.08. The SMILES string of the molecule is CCn1ccc(CNc2c(Cl)cccc2[N+](=O)[O-])n1. The number of nitro benzene ring substituents is 1. The lowest BCUT2D eigenvalue weighted by molar-refractivity contribution is -0.383. The number of nitro groups is 1. The van der Waals surface area contributed by atoms with Gasteiger partial charge in [-0.25, -0.2) is 0 Å². The van der Waals surface area contributed by atoms with E-state index in [-0.39, 0.29) is 5.69 Å². The minimum Gasteiger partial charge on any atom is -0.373 e. The summed E-state index contributed by atoms with van der Waals surface area (Å²) < 4.78 is 1.79. The Hall–Kier alpha value is -2.08. The number of halogens is 1. The van der Waals surface area contributed by atoms with E-state index >= 15 is 0 Å². The third-order valence-electron chi connectivity index (χ3n) is 2.65. The van der Waals surface area contributed by atoms with Crippen LogP contribution in [-0.4, -0.2) is 14.7 Å². The third-order valence-corrected chi connectivity index (χ3v) is 2.97. The Kier molecular flexibility index (Phi) is 4.01. The van der Waals surface area contributed by atoms with E-state index < -0.39 is 4.92 Å². The molecule has 0 aliphatic carbocycles. The van der Waals surface area contributed by atoms with Gasteiger partial charge >= 0.3 is 0 Å². The van der Waals surface area contributed by atoms with Crippen LogP contribution in [0.3, 0.4) is 0 Å². The molecule has 7 heteroatoms. The lowest BCUT2D eigenvalue weighted by Crippen LogP contribution is -2.05. The fourth-order valence-electron chi connectivity index (χ4n) is 1.69. The first kappa shape index (κ1) is 13.4.